The predicted molar refractivity (Wildman–Crippen MR) is 125 cm³/mol. The van der Waals surface area contributed by atoms with Gasteiger partial charge in [-0.2, -0.15) is 5.10 Å². The van der Waals surface area contributed by atoms with Crippen molar-refractivity contribution in [1.29, 1.82) is 0 Å². The highest BCUT2D eigenvalue weighted by molar-refractivity contribution is 7.88. The van der Waals surface area contributed by atoms with Crippen molar-refractivity contribution < 1.29 is 13.5 Å². The summed E-state index contributed by atoms with van der Waals surface area (Å²) < 4.78 is 27.5. The first-order valence-corrected chi connectivity index (χ1v) is 11.8. The van der Waals surface area contributed by atoms with Crippen molar-refractivity contribution in [3.8, 4) is 11.1 Å². The molecule has 32 heavy (non-hydrogen) atoms. The van der Waals surface area contributed by atoms with Crippen LogP contribution in [0.25, 0.3) is 32.8 Å². The highest BCUT2D eigenvalue weighted by Gasteiger charge is 2.15. The zero-order chi connectivity index (χ0) is 22.9. The van der Waals surface area contributed by atoms with E-state index in [4.69, 9.17) is 5.11 Å². The molecule has 4 rings (SSSR count). The first-order chi connectivity index (χ1) is 15.3. The number of aliphatic hydroxyl groups excluding tert-OH is 1. The average molecular weight is 453 g/mol. The fraction of sp³-hybridized carbons (Fsp3) is 0.261. The van der Waals surface area contributed by atoms with Gasteiger partial charge in [-0.3, -0.25) is 14.5 Å². The Morgan fingerprint density at radius 3 is 2.56 bits per heavy atom. The second kappa shape index (κ2) is 8.78. The molecule has 0 spiro atoms. The van der Waals surface area contributed by atoms with Crippen LogP contribution in [0.15, 0.2) is 59.8 Å². The minimum atomic E-state index is -3.45. The number of nitrogens with zero attached hydrogens (tertiary/aromatic N) is 4. The van der Waals surface area contributed by atoms with Crippen molar-refractivity contribution in [2.24, 2.45) is 0 Å². The van der Waals surface area contributed by atoms with E-state index in [9.17, 15) is 13.2 Å². The molecule has 8 nitrogen and oxygen atoms in total. The molecule has 2 aromatic heterocycles. The zero-order valence-electron chi connectivity index (χ0n) is 17.9. The average Bonchev–Trinajstić information content (AvgIpc) is 3.19. The van der Waals surface area contributed by atoms with Gasteiger partial charge in [-0.15, -0.1) is 0 Å². The first kappa shape index (κ1) is 22.1. The largest absolute Gasteiger partial charge is 0.396 e. The summed E-state index contributed by atoms with van der Waals surface area (Å²) in [5, 5.41) is 14.9. The number of sulfonamides is 1. The number of fused-ring (bicyclic) bond motifs is 2. The van der Waals surface area contributed by atoms with Crippen LogP contribution in [-0.4, -0.2) is 53.3 Å². The number of rotatable bonds is 7. The van der Waals surface area contributed by atoms with Crippen molar-refractivity contribution in [1.82, 2.24) is 19.1 Å². The smallest absolute Gasteiger partial charge is 0.217 e. The molecule has 166 valence electrons. The maximum Gasteiger partial charge on any atom is 0.217 e. The summed E-state index contributed by atoms with van der Waals surface area (Å²) in [6, 6.07) is 10.6. The number of benzene rings is 1. The molecule has 2 heterocycles. The van der Waals surface area contributed by atoms with Gasteiger partial charge in [0.25, 0.3) is 0 Å². The van der Waals surface area contributed by atoms with Gasteiger partial charge in [0, 0.05) is 61.5 Å². The summed E-state index contributed by atoms with van der Waals surface area (Å²) in [7, 11) is -0.469. The number of aliphatic hydroxyl groups is 1. The van der Waals surface area contributed by atoms with E-state index >= 15 is 0 Å². The van der Waals surface area contributed by atoms with Crippen LogP contribution in [0.2, 0.25) is 0 Å². The van der Waals surface area contributed by atoms with E-state index in [0.29, 0.717) is 34.8 Å². The first-order valence-electron chi connectivity index (χ1n) is 10.2. The molecule has 0 aliphatic carbocycles. The lowest BCUT2D eigenvalue weighted by Crippen LogP contribution is -2.23. The molecule has 0 radical (unpaired) electrons. The van der Waals surface area contributed by atoms with Gasteiger partial charge in [-0.25, -0.2) is 12.7 Å². The molecule has 0 amide bonds. The van der Waals surface area contributed by atoms with Crippen LogP contribution in [0, 0.1) is 0 Å². The monoisotopic (exact) mass is 452 g/mol. The third-order valence-electron chi connectivity index (χ3n) is 5.36. The number of hydrogen-bond acceptors (Lipinski definition) is 6. The topological polar surface area (TPSA) is 105 Å². The molecule has 4 aromatic rings. The highest BCUT2D eigenvalue weighted by atomic mass is 32.2. The van der Waals surface area contributed by atoms with Crippen LogP contribution in [0.5, 0.6) is 0 Å². The van der Waals surface area contributed by atoms with Crippen molar-refractivity contribution in [3.05, 3.63) is 70.8 Å². The van der Waals surface area contributed by atoms with E-state index in [1.54, 1.807) is 47.4 Å². The van der Waals surface area contributed by atoms with Crippen LogP contribution >= 0.6 is 0 Å². The molecular weight excluding hydrogens is 428 g/mol. The molecule has 2 aromatic carbocycles. The Labute approximate surface area is 185 Å². The van der Waals surface area contributed by atoms with Crippen molar-refractivity contribution in [2.75, 3.05) is 20.7 Å². The third-order valence-corrected chi connectivity index (χ3v) is 7.17. The van der Waals surface area contributed by atoms with Crippen molar-refractivity contribution >= 4 is 31.7 Å². The number of pyridine rings is 1. The molecular formula is C23H24N4O4S. The fourth-order valence-electron chi connectivity index (χ4n) is 3.50. The summed E-state index contributed by atoms with van der Waals surface area (Å²) in [5.74, 6) is -0.178. The van der Waals surface area contributed by atoms with Gasteiger partial charge < -0.3 is 5.11 Å². The normalized spacial score (nSPS) is 12.1. The fourth-order valence-corrected chi connectivity index (χ4v) is 4.36. The summed E-state index contributed by atoms with van der Waals surface area (Å²) in [6.45, 7) is 0.691. The summed E-state index contributed by atoms with van der Waals surface area (Å²) in [4.78, 5) is 17.9. The molecule has 1 N–H and O–H groups in total. The molecule has 9 heteroatoms. The Balaban J connectivity index is 1.82. The number of aromatic nitrogens is 3. The van der Waals surface area contributed by atoms with E-state index < -0.39 is 10.0 Å². The van der Waals surface area contributed by atoms with Crippen LogP contribution in [0.3, 0.4) is 0 Å². The maximum absolute atomic E-state index is 13.4. The van der Waals surface area contributed by atoms with Gasteiger partial charge in [0.2, 0.25) is 10.0 Å². The Kier molecular flexibility index (Phi) is 6.05. The molecule has 0 saturated carbocycles. The lowest BCUT2D eigenvalue weighted by Gasteiger charge is -2.11. The second-order valence-electron chi connectivity index (χ2n) is 7.85. The van der Waals surface area contributed by atoms with Crippen LogP contribution in [0.4, 0.5) is 0 Å². The van der Waals surface area contributed by atoms with Gasteiger partial charge in [0.15, 0.2) is 5.43 Å². The third kappa shape index (κ3) is 4.40. The Hall–Kier alpha value is -3.14. The summed E-state index contributed by atoms with van der Waals surface area (Å²) in [6.07, 6.45) is 5.87. The molecule has 0 atom stereocenters. The second-order valence-corrected chi connectivity index (χ2v) is 10.0. The molecule has 0 aliphatic rings. The predicted octanol–water partition coefficient (Wildman–Crippen LogP) is 2.39. The van der Waals surface area contributed by atoms with Gasteiger partial charge in [-0.1, -0.05) is 18.2 Å². The van der Waals surface area contributed by atoms with E-state index in [1.165, 1.54) is 18.4 Å². The van der Waals surface area contributed by atoms with E-state index in [-0.39, 0.29) is 17.8 Å². The standard InChI is InChI=1S/C23H24N4O4S/c1-26(2)32(30,31)15-16-4-5-17-6-7-22-21(23(29)20(17)10-16)11-18(12-24-22)19-13-25-27(14-19)8-3-9-28/h4-7,10-14,28H,3,8-9,15H2,1-2H3. The Morgan fingerprint density at radius 2 is 1.81 bits per heavy atom. The van der Waals surface area contributed by atoms with E-state index in [2.05, 4.69) is 10.1 Å². The van der Waals surface area contributed by atoms with Gasteiger partial charge in [0.1, 0.15) is 0 Å². The Bertz CT molecular complexity index is 1460. The quantitative estimate of drug-likeness (QED) is 0.462. The highest BCUT2D eigenvalue weighted by Crippen LogP contribution is 2.23. The van der Waals surface area contributed by atoms with Gasteiger partial charge in [0.05, 0.1) is 17.5 Å². The lowest BCUT2D eigenvalue weighted by molar-refractivity contribution is 0.277. The van der Waals surface area contributed by atoms with E-state index in [0.717, 1.165) is 16.5 Å². The van der Waals surface area contributed by atoms with Crippen LogP contribution < -0.4 is 5.43 Å². The maximum atomic E-state index is 13.4. The molecule has 0 fully saturated rings. The summed E-state index contributed by atoms with van der Waals surface area (Å²) >= 11 is 0. The Morgan fingerprint density at radius 1 is 1.03 bits per heavy atom. The summed E-state index contributed by atoms with van der Waals surface area (Å²) in [5.41, 5.74) is 2.49. The molecule has 0 aliphatic heterocycles. The van der Waals surface area contributed by atoms with Crippen LogP contribution in [-0.2, 0) is 22.3 Å². The van der Waals surface area contributed by atoms with Crippen molar-refractivity contribution in [2.45, 2.75) is 18.7 Å². The van der Waals surface area contributed by atoms with Gasteiger partial charge >= 0.3 is 0 Å². The minimum absolute atomic E-state index is 0.0909. The number of hydrogen-bond donors (Lipinski definition) is 1. The minimum Gasteiger partial charge on any atom is -0.396 e. The molecule has 0 saturated heterocycles. The van der Waals surface area contributed by atoms with Gasteiger partial charge in [-0.05, 0) is 35.6 Å². The SMILES string of the molecule is CN(C)S(=O)(=O)Cc1ccc2ccc3ncc(-c4cnn(CCCO)c4)cc3c(=O)c2c1. The lowest BCUT2D eigenvalue weighted by atomic mass is 10.1. The van der Waals surface area contributed by atoms with E-state index in [1.807, 2.05) is 12.3 Å². The van der Waals surface area contributed by atoms with Crippen molar-refractivity contribution in [3.63, 3.8) is 0 Å². The number of aryl methyl sites for hydroxylation is 1. The van der Waals surface area contributed by atoms with Crippen LogP contribution in [0.1, 0.15) is 12.0 Å². The molecule has 0 bridgehead atoms. The zero-order valence-corrected chi connectivity index (χ0v) is 18.7. The molecule has 0 unspecified atom stereocenters.